The fourth-order valence-corrected chi connectivity index (χ4v) is 2.23. The summed E-state index contributed by atoms with van der Waals surface area (Å²) in [6.07, 6.45) is 6.90. The van der Waals surface area contributed by atoms with Crippen molar-refractivity contribution < 1.29 is 13.2 Å². The zero-order chi connectivity index (χ0) is 14.3. The predicted molar refractivity (Wildman–Crippen MR) is 74.5 cm³/mol. The Morgan fingerprint density at radius 2 is 2.00 bits per heavy atom. The van der Waals surface area contributed by atoms with Crippen LogP contribution in [0.4, 0.5) is 0 Å². The van der Waals surface area contributed by atoms with Gasteiger partial charge in [0.1, 0.15) is 0 Å². The van der Waals surface area contributed by atoms with Crippen molar-refractivity contribution >= 4 is 10.0 Å². The van der Waals surface area contributed by atoms with Gasteiger partial charge in [-0.25, -0.2) is 13.6 Å². The topological polar surface area (TPSA) is 87.2 Å². The highest BCUT2D eigenvalue weighted by Gasteiger charge is 2.03. The van der Waals surface area contributed by atoms with Gasteiger partial charge in [-0.3, -0.25) is 4.68 Å². The molecule has 2 N–H and O–H groups in total. The fraction of sp³-hybridized carbons (Fsp3) is 0.750. The van der Waals surface area contributed by atoms with Crippen LogP contribution in [0.25, 0.3) is 0 Å². The summed E-state index contributed by atoms with van der Waals surface area (Å²) in [4.78, 5) is 0. The van der Waals surface area contributed by atoms with Gasteiger partial charge >= 0.3 is 0 Å². The Labute approximate surface area is 115 Å². The second-order valence-electron chi connectivity index (χ2n) is 4.88. The van der Waals surface area contributed by atoms with Crippen molar-refractivity contribution in [2.24, 2.45) is 5.14 Å². The molecule has 0 fully saturated rings. The third-order valence-electron chi connectivity index (χ3n) is 2.70. The molecule has 0 bridgehead atoms. The van der Waals surface area contributed by atoms with Crippen molar-refractivity contribution in [3.63, 3.8) is 0 Å². The lowest BCUT2D eigenvalue weighted by molar-refractivity contribution is 0.304. The Morgan fingerprint density at radius 1 is 1.32 bits per heavy atom. The summed E-state index contributed by atoms with van der Waals surface area (Å²) >= 11 is 0. The van der Waals surface area contributed by atoms with E-state index in [1.54, 1.807) is 6.20 Å². The zero-order valence-corrected chi connectivity index (χ0v) is 12.4. The number of nitrogens with two attached hydrogens (primary N) is 1. The van der Waals surface area contributed by atoms with Crippen LogP contribution in [0.15, 0.2) is 12.4 Å². The van der Waals surface area contributed by atoms with E-state index in [0.29, 0.717) is 19.1 Å². The molecule has 0 atom stereocenters. The monoisotopic (exact) mass is 289 g/mol. The molecule has 1 rings (SSSR count). The van der Waals surface area contributed by atoms with Gasteiger partial charge in [0.25, 0.3) is 0 Å². The van der Waals surface area contributed by atoms with E-state index in [1.807, 2.05) is 10.9 Å². The Hall–Kier alpha value is -1.08. The minimum atomic E-state index is -3.31. The van der Waals surface area contributed by atoms with Gasteiger partial charge in [0.2, 0.25) is 10.0 Å². The maximum atomic E-state index is 10.7. The highest BCUT2D eigenvalue weighted by molar-refractivity contribution is 7.89. The number of ether oxygens (including phenoxy) is 1. The lowest BCUT2D eigenvalue weighted by Crippen LogP contribution is -2.16. The molecule has 1 aromatic heterocycles. The molecule has 0 spiro atoms. The Kier molecular flexibility index (Phi) is 6.30. The molecular formula is C12H23N3O3S. The van der Waals surface area contributed by atoms with Crippen molar-refractivity contribution in [1.29, 1.82) is 0 Å². The largest absolute Gasteiger partial charge is 0.490 e. The molecule has 0 aliphatic heterocycles. The van der Waals surface area contributed by atoms with Gasteiger partial charge in [-0.05, 0) is 26.7 Å². The molecule has 0 aliphatic carbocycles. The number of primary sulfonamides is 1. The normalized spacial score (nSPS) is 12.0. The molecule has 1 heterocycles. The van der Waals surface area contributed by atoms with Crippen molar-refractivity contribution in [1.82, 2.24) is 9.78 Å². The van der Waals surface area contributed by atoms with Crippen LogP contribution in [-0.4, -0.2) is 30.6 Å². The minimum Gasteiger partial charge on any atom is -0.490 e. The van der Waals surface area contributed by atoms with Crippen LogP contribution in [0, 0.1) is 0 Å². The molecule has 19 heavy (non-hydrogen) atoms. The van der Waals surface area contributed by atoms with E-state index in [4.69, 9.17) is 9.88 Å². The third-order valence-corrected chi connectivity index (χ3v) is 3.56. The fourth-order valence-electron chi connectivity index (χ4n) is 1.63. The van der Waals surface area contributed by atoms with E-state index >= 15 is 0 Å². The van der Waals surface area contributed by atoms with E-state index < -0.39 is 10.0 Å². The average molecular weight is 289 g/mol. The first-order valence-electron chi connectivity index (χ1n) is 6.56. The van der Waals surface area contributed by atoms with E-state index in [9.17, 15) is 8.42 Å². The number of rotatable bonds is 9. The molecule has 0 saturated heterocycles. The first-order valence-corrected chi connectivity index (χ1v) is 8.27. The number of nitrogens with zero attached hydrogens (tertiary/aromatic N) is 2. The quantitative estimate of drug-likeness (QED) is 0.701. The molecule has 1 aromatic rings. The average Bonchev–Trinajstić information content (AvgIpc) is 2.75. The van der Waals surface area contributed by atoms with Gasteiger partial charge in [-0.15, -0.1) is 0 Å². The summed E-state index contributed by atoms with van der Waals surface area (Å²) in [5.41, 5.74) is 0. The number of aromatic nitrogens is 2. The van der Waals surface area contributed by atoms with Crippen LogP contribution < -0.4 is 9.88 Å². The highest BCUT2D eigenvalue weighted by Crippen LogP contribution is 2.13. The van der Waals surface area contributed by atoms with Crippen LogP contribution in [0.3, 0.4) is 0 Å². The summed E-state index contributed by atoms with van der Waals surface area (Å²) < 4.78 is 28.8. The van der Waals surface area contributed by atoms with E-state index in [0.717, 1.165) is 25.0 Å². The van der Waals surface area contributed by atoms with Gasteiger partial charge in [0.05, 0.1) is 24.8 Å². The number of sulfonamides is 1. The maximum Gasteiger partial charge on any atom is 0.209 e. The van der Waals surface area contributed by atoms with Gasteiger partial charge in [0, 0.05) is 6.04 Å². The smallest absolute Gasteiger partial charge is 0.209 e. The van der Waals surface area contributed by atoms with Gasteiger partial charge < -0.3 is 4.74 Å². The van der Waals surface area contributed by atoms with Crippen LogP contribution in [-0.2, 0) is 10.0 Å². The molecule has 0 saturated carbocycles. The second-order valence-corrected chi connectivity index (χ2v) is 6.61. The van der Waals surface area contributed by atoms with Crippen LogP contribution in [0.5, 0.6) is 5.75 Å². The Morgan fingerprint density at radius 3 is 2.58 bits per heavy atom. The van der Waals surface area contributed by atoms with Gasteiger partial charge in [0.15, 0.2) is 5.75 Å². The first-order chi connectivity index (χ1) is 8.88. The maximum absolute atomic E-state index is 10.7. The summed E-state index contributed by atoms with van der Waals surface area (Å²) in [7, 11) is -3.31. The lowest BCUT2D eigenvalue weighted by atomic mass is 10.2. The van der Waals surface area contributed by atoms with Crippen LogP contribution in [0.2, 0.25) is 0 Å². The summed E-state index contributed by atoms with van der Waals surface area (Å²) in [5.74, 6) is 0.841. The number of unbranched alkanes of at least 4 members (excludes halogenated alkanes) is 3. The number of hydrogen-bond acceptors (Lipinski definition) is 4. The Balaban J connectivity index is 2.07. The van der Waals surface area contributed by atoms with Crippen molar-refractivity contribution in [3.05, 3.63) is 12.4 Å². The molecule has 0 radical (unpaired) electrons. The predicted octanol–water partition coefficient (Wildman–Crippen LogP) is 1.69. The van der Waals surface area contributed by atoms with E-state index in [1.165, 1.54) is 0 Å². The molecule has 110 valence electrons. The van der Waals surface area contributed by atoms with Crippen molar-refractivity contribution in [2.45, 2.75) is 45.6 Å². The summed E-state index contributed by atoms with van der Waals surface area (Å²) in [5, 5.41) is 9.10. The minimum absolute atomic E-state index is 0.0645. The second kappa shape index (κ2) is 7.49. The van der Waals surface area contributed by atoms with Crippen molar-refractivity contribution in [2.75, 3.05) is 12.4 Å². The molecule has 6 nitrogen and oxygen atoms in total. The molecule has 0 aromatic carbocycles. The van der Waals surface area contributed by atoms with Crippen molar-refractivity contribution in [3.8, 4) is 5.75 Å². The standard InChI is InChI=1S/C12H23N3O3S/c1-11(2)15-10-12(9-14-15)18-7-5-3-4-6-8-19(13,16)17/h9-11H,3-8H2,1-2H3,(H2,13,16,17). The van der Waals surface area contributed by atoms with E-state index in [2.05, 4.69) is 18.9 Å². The molecule has 0 unspecified atom stereocenters. The number of hydrogen-bond donors (Lipinski definition) is 1. The third kappa shape index (κ3) is 7.17. The highest BCUT2D eigenvalue weighted by atomic mass is 32.2. The zero-order valence-electron chi connectivity index (χ0n) is 11.6. The molecule has 0 amide bonds. The van der Waals surface area contributed by atoms with Gasteiger partial charge in [-0.1, -0.05) is 12.8 Å². The molecule has 0 aliphatic rings. The molecular weight excluding hydrogens is 266 g/mol. The van der Waals surface area contributed by atoms with Crippen LogP contribution >= 0.6 is 0 Å². The lowest BCUT2D eigenvalue weighted by Gasteiger charge is -2.04. The van der Waals surface area contributed by atoms with E-state index in [-0.39, 0.29) is 5.75 Å². The SMILES string of the molecule is CC(C)n1cc(OCCCCCCS(N)(=O)=O)cn1. The summed E-state index contributed by atoms with van der Waals surface area (Å²) in [6, 6.07) is 0.329. The van der Waals surface area contributed by atoms with Gasteiger partial charge in [-0.2, -0.15) is 5.10 Å². The Bertz CT molecular complexity index is 468. The van der Waals surface area contributed by atoms with Crippen LogP contribution in [0.1, 0.15) is 45.6 Å². The first kappa shape index (κ1) is 16.0. The summed E-state index contributed by atoms with van der Waals surface area (Å²) in [6.45, 7) is 4.74. The molecule has 7 heteroatoms.